The van der Waals surface area contributed by atoms with Gasteiger partial charge >= 0.3 is 0 Å². The van der Waals surface area contributed by atoms with Crippen LogP contribution in [0.5, 0.6) is 0 Å². The number of rotatable bonds is 5. The van der Waals surface area contributed by atoms with Crippen molar-refractivity contribution in [2.45, 2.75) is 38.4 Å². The molecule has 9 heteroatoms. The molecule has 2 aromatic carbocycles. The van der Waals surface area contributed by atoms with Crippen molar-refractivity contribution in [2.24, 2.45) is 0 Å². The average Bonchev–Trinajstić information content (AvgIpc) is 3.55. The maximum atomic E-state index is 13.0. The van der Waals surface area contributed by atoms with Gasteiger partial charge in [0.05, 0.1) is 5.69 Å². The SMILES string of the molecule is O=C1CCC(N2Cc3cc(CN4CC=C(c5ncnc6sc(-c7ccccc7)cc56)CC4)ccc3C2=O)C(=O)N1. The molecule has 0 bridgehead atoms. The van der Waals surface area contributed by atoms with E-state index < -0.39 is 6.04 Å². The summed E-state index contributed by atoms with van der Waals surface area (Å²) < 4.78 is 0. The molecule has 1 atom stereocenters. The van der Waals surface area contributed by atoms with Gasteiger partial charge in [-0.2, -0.15) is 0 Å². The van der Waals surface area contributed by atoms with Crippen LogP contribution in [-0.4, -0.2) is 56.6 Å². The van der Waals surface area contributed by atoms with Crippen LogP contribution >= 0.6 is 11.3 Å². The molecule has 3 aliphatic rings. The standard InChI is InChI=1S/C31H27N5O3S/c37-27-9-8-25(29(38)34-27)36-17-22-14-19(6-7-23(22)31(36)39)16-35-12-10-21(11-13-35)28-24-15-26(20-4-2-1-3-5-20)40-30(24)33-18-32-28/h1-7,10,14-15,18,25H,8-9,11-13,16-17H2,(H,34,37,38). The fourth-order valence-electron chi connectivity index (χ4n) is 5.91. The molecule has 200 valence electrons. The molecule has 4 aromatic rings. The number of hydrogen-bond donors (Lipinski definition) is 1. The maximum absolute atomic E-state index is 13.0. The fourth-order valence-corrected chi connectivity index (χ4v) is 6.91. The van der Waals surface area contributed by atoms with Gasteiger partial charge in [-0.25, -0.2) is 9.97 Å². The molecule has 0 radical (unpaired) electrons. The number of nitrogens with one attached hydrogen (secondary N) is 1. The lowest BCUT2D eigenvalue weighted by molar-refractivity contribution is -0.136. The zero-order valence-corrected chi connectivity index (χ0v) is 22.6. The number of nitrogens with zero attached hydrogens (tertiary/aromatic N) is 4. The predicted molar refractivity (Wildman–Crippen MR) is 153 cm³/mol. The Balaban J connectivity index is 1.05. The van der Waals surface area contributed by atoms with Gasteiger partial charge < -0.3 is 4.90 Å². The monoisotopic (exact) mass is 549 g/mol. The molecule has 3 aliphatic heterocycles. The van der Waals surface area contributed by atoms with Crippen LogP contribution in [0.2, 0.25) is 0 Å². The minimum Gasteiger partial charge on any atom is -0.322 e. The Morgan fingerprint density at radius 2 is 1.88 bits per heavy atom. The van der Waals surface area contributed by atoms with Crippen molar-refractivity contribution >= 4 is 44.8 Å². The molecule has 0 saturated carbocycles. The Morgan fingerprint density at radius 3 is 2.67 bits per heavy atom. The van der Waals surface area contributed by atoms with Crippen molar-refractivity contribution < 1.29 is 14.4 Å². The number of carbonyl (C=O) groups is 3. The third-order valence-corrected chi connectivity index (χ3v) is 9.07. The van der Waals surface area contributed by atoms with Crippen molar-refractivity contribution in [3.8, 4) is 10.4 Å². The van der Waals surface area contributed by atoms with Gasteiger partial charge in [0.2, 0.25) is 11.8 Å². The number of imide groups is 1. The molecule has 1 unspecified atom stereocenters. The first-order valence-electron chi connectivity index (χ1n) is 13.5. The molecule has 5 heterocycles. The van der Waals surface area contributed by atoms with E-state index in [2.05, 4.69) is 62.7 Å². The van der Waals surface area contributed by atoms with E-state index in [1.54, 1.807) is 22.6 Å². The van der Waals surface area contributed by atoms with Crippen LogP contribution in [0.1, 0.15) is 46.4 Å². The second kappa shape index (κ2) is 10.1. The van der Waals surface area contributed by atoms with Crippen LogP contribution in [0.4, 0.5) is 0 Å². The van der Waals surface area contributed by atoms with E-state index in [4.69, 9.17) is 0 Å². The highest BCUT2D eigenvalue weighted by molar-refractivity contribution is 7.21. The number of amides is 3. The Bertz CT molecular complexity index is 1700. The van der Waals surface area contributed by atoms with Crippen molar-refractivity contribution in [1.82, 2.24) is 25.1 Å². The topological polar surface area (TPSA) is 95.5 Å². The predicted octanol–water partition coefficient (Wildman–Crippen LogP) is 4.41. The molecule has 0 aliphatic carbocycles. The Kier molecular flexibility index (Phi) is 6.25. The minimum absolute atomic E-state index is 0.137. The summed E-state index contributed by atoms with van der Waals surface area (Å²) in [5, 5.41) is 3.47. The summed E-state index contributed by atoms with van der Waals surface area (Å²) in [4.78, 5) is 52.3. The highest BCUT2D eigenvalue weighted by Gasteiger charge is 2.39. The lowest BCUT2D eigenvalue weighted by atomic mass is 10.0. The Labute approximate surface area is 235 Å². The maximum Gasteiger partial charge on any atom is 0.255 e. The zero-order chi connectivity index (χ0) is 27.2. The minimum atomic E-state index is -0.591. The molecule has 1 fully saturated rings. The molecule has 1 N–H and O–H groups in total. The van der Waals surface area contributed by atoms with Crippen LogP contribution in [0.3, 0.4) is 0 Å². The van der Waals surface area contributed by atoms with Crippen LogP contribution < -0.4 is 5.32 Å². The normalized spacial score (nSPS) is 19.6. The van der Waals surface area contributed by atoms with Crippen molar-refractivity contribution in [3.05, 3.63) is 89.4 Å². The summed E-state index contributed by atoms with van der Waals surface area (Å²) in [6, 6.07) is 18.0. The van der Waals surface area contributed by atoms with Gasteiger partial charge in [0.15, 0.2) is 0 Å². The fraction of sp³-hybridized carbons (Fsp3) is 0.258. The number of aromatic nitrogens is 2. The number of hydrogen-bond acceptors (Lipinski definition) is 7. The number of carbonyl (C=O) groups excluding carboxylic acids is 3. The third kappa shape index (κ3) is 4.51. The first-order valence-corrected chi connectivity index (χ1v) is 14.3. The number of fused-ring (bicyclic) bond motifs is 2. The van der Waals surface area contributed by atoms with E-state index in [0.29, 0.717) is 18.5 Å². The summed E-state index contributed by atoms with van der Waals surface area (Å²) in [5.41, 5.74) is 6.19. The largest absolute Gasteiger partial charge is 0.322 e. The Morgan fingerprint density at radius 1 is 1.00 bits per heavy atom. The van der Waals surface area contributed by atoms with E-state index in [1.807, 2.05) is 18.2 Å². The molecule has 0 spiro atoms. The Hall–Kier alpha value is -4.21. The van der Waals surface area contributed by atoms with Gasteiger partial charge in [-0.15, -0.1) is 11.3 Å². The first-order chi connectivity index (χ1) is 19.5. The van der Waals surface area contributed by atoms with E-state index in [0.717, 1.165) is 53.1 Å². The lowest BCUT2D eigenvalue weighted by Gasteiger charge is -2.29. The summed E-state index contributed by atoms with van der Waals surface area (Å²) >= 11 is 1.70. The molecular weight excluding hydrogens is 522 g/mol. The smallest absolute Gasteiger partial charge is 0.255 e. The van der Waals surface area contributed by atoms with Gasteiger partial charge in [0.25, 0.3) is 5.91 Å². The molecule has 2 aromatic heterocycles. The zero-order valence-electron chi connectivity index (χ0n) is 21.8. The molecule has 8 nitrogen and oxygen atoms in total. The lowest BCUT2D eigenvalue weighted by Crippen LogP contribution is -2.52. The second-order valence-corrected chi connectivity index (χ2v) is 11.6. The number of benzene rings is 2. The van der Waals surface area contributed by atoms with Gasteiger partial charge in [-0.05, 0) is 47.2 Å². The van der Waals surface area contributed by atoms with E-state index >= 15 is 0 Å². The number of thiophene rings is 1. The van der Waals surface area contributed by atoms with E-state index in [1.165, 1.54) is 16.0 Å². The molecular formula is C31H27N5O3S. The van der Waals surface area contributed by atoms with Gasteiger partial charge in [-0.1, -0.05) is 48.5 Å². The summed E-state index contributed by atoms with van der Waals surface area (Å²) in [6.45, 7) is 2.90. The summed E-state index contributed by atoms with van der Waals surface area (Å²) in [5.74, 6) is -0.794. The van der Waals surface area contributed by atoms with Crippen LogP contribution in [0, 0.1) is 0 Å². The average molecular weight is 550 g/mol. The quantitative estimate of drug-likeness (QED) is 0.371. The molecule has 40 heavy (non-hydrogen) atoms. The van der Waals surface area contributed by atoms with E-state index in [-0.39, 0.29) is 24.1 Å². The molecule has 1 saturated heterocycles. The highest BCUT2D eigenvalue weighted by atomic mass is 32.1. The van der Waals surface area contributed by atoms with Crippen molar-refractivity contribution in [1.29, 1.82) is 0 Å². The second-order valence-electron chi connectivity index (χ2n) is 10.5. The van der Waals surface area contributed by atoms with Crippen molar-refractivity contribution in [2.75, 3.05) is 13.1 Å². The molecule has 7 rings (SSSR count). The summed E-state index contributed by atoms with van der Waals surface area (Å²) in [6.07, 6.45) is 5.47. The van der Waals surface area contributed by atoms with Crippen LogP contribution in [-0.2, 0) is 22.7 Å². The van der Waals surface area contributed by atoms with Crippen molar-refractivity contribution in [3.63, 3.8) is 0 Å². The van der Waals surface area contributed by atoms with Crippen LogP contribution in [0.25, 0.3) is 26.2 Å². The van der Waals surface area contributed by atoms with E-state index in [9.17, 15) is 14.4 Å². The molecule has 3 amide bonds. The summed E-state index contributed by atoms with van der Waals surface area (Å²) in [7, 11) is 0. The van der Waals surface area contributed by atoms with Crippen LogP contribution in [0.15, 0.2) is 67.0 Å². The third-order valence-electron chi connectivity index (χ3n) is 7.98. The first kappa shape index (κ1) is 24.8. The number of piperidine rings is 1. The van der Waals surface area contributed by atoms with Gasteiger partial charge in [0.1, 0.15) is 17.2 Å². The highest BCUT2D eigenvalue weighted by Crippen LogP contribution is 2.36. The van der Waals surface area contributed by atoms with Gasteiger partial charge in [0, 0.05) is 48.4 Å². The van der Waals surface area contributed by atoms with Gasteiger partial charge in [-0.3, -0.25) is 24.6 Å².